The van der Waals surface area contributed by atoms with Crippen LogP contribution in [0.2, 0.25) is 0 Å². The van der Waals surface area contributed by atoms with Gasteiger partial charge in [0.1, 0.15) is 0 Å². The number of nitriles is 1. The number of anilines is 1. The monoisotopic (exact) mass is 254 g/mol. The van der Waals surface area contributed by atoms with Crippen molar-refractivity contribution in [2.24, 2.45) is 7.05 Å². The molecule has 0 aliphatic carbocycles. The highest BCUT2D eigenvalue weighted by Crippen LogP contribution is 2.19. The van der Waals surface area contributed by atoms with Gasteiger partial charge in [0, 0.05) is 30.5 Å². The Hall–Kier alpha value is -2.28. The van der Waals surface area contributed by atoms with Crippen LogP contribution in [0.1, 0.15) is 28.1 Å². The number of benzene rings is 1. The van der Waals surface area contributed by atoms with Gasteiger partial charge >= 0.3 is 0 Å². The van der Waals surface area contributed by atoms with Crippen LogP contribution in [-0.2, 0) is 13.6 Å². The van der Waals surface area contributed by atoms with Crippen molar-refractivity contribution in [1.29, 1.82) is 5.26 Å². The summed E-state index contributed by atoms with van der Waals surface area (Å²) >= 11 is 0. The summed E-state index contributed by atoms with van der Waals surface area (Å²) < 4.78 is 1.89. The Morgan fingerprint density at radius 2 is 2.05 bits per heavy atom. The molecule has 0 radical (unpaired) electrons. The predicted molar refractivity (Wildman–Crippen MR) is 75.9 cm³/mol. The molecule has 0 bridgehead atoms. The maximum Gasteiger partial charge on any atom is 0.0992 e. The summed E-state index contributed by atoms with van der Waals surface area (Å²) in [6, 6.07) is 7.85. The topological polar surface area (TPSA) is 53.6 Å². The SMILES string of the molecule is Cc1ccc(C#N)cc1NCc1c(C)nn(C)c1C. The molecule has 0 amide bonds. The lowest BCUT2D eigenvalue weighted by Crippen LogP contribution is -2.04. The molecule has 1 aromatic heterocycles. The third kappa shape index (κ3) is 2.60. The van der Waals surface area contributed by atoms with Gasteiger partial charge in [0.05, 0.1) is 17.3 Å². The number of nitrogens with zero attached hydrogens (tertiary/aromatic N) is 3. The van der Waals surface area contributed by atoms with Gasteiger partial charge in [-0.3, -0.25) is 4.68 Å². The first-order valence-corrected chi connectivity index (χ1v) is 6.26. The second-order valence-corrected chi connectivity index (χ2v) is 4.77. The maximum absolute atomic E-state index is 8.94. The molecule has 4 nitrogen and oxygen atoms in total. The van der Waals surface area contributed by atoms with Crippen molar-refractivity contribution in [2.45, 2.75) is 27.3 Å². The Morgan fingerprint density at radius 1 is 1.32 bits per heavy atom. The average molecular weight is 254 g/mol. The molecule has 1 heterocycles. The Labute approximate surface area is 113 Å². The Kier molecular flexibility index (Phi) is 3.57. The second kappa shape index (κ2) is 5.15. The summed E-state index contributed by atoms with van der Waals surface area (Å²) in [7, 11) is 1.95. The smallest absolute Gasteiger partial charge is 0.0992 e. The van der Waals surface area contributed by atoms with E-state index < -0.39 is 0 Å². The molecule has 19 heavy (non-hydrogen) atoms. The molecule has 0 spiro atoms. The van der Waals surface area contributed by atoms with E-state index in [1.54, 1.807) is 0 Å². The van der Waals surface area contributed by atoms with Crippen LogP contribution in [0.5, 0.6) is 0 Å². The molecule has 2 rings (SSSR count). The number of hydrogen-bond acceptors (Lipinski definition) is 3. The minimum atomic E-state index is 0.674. The van der Waals surface area contributed by atoms with Gasteiger partial charge in [0.25, 0.3) is 0 Å². The molecule has 0 aliphatic rings. The zero-order valence-corrected chi connectivity index (χ0v) is 11.8. The van der Waals surface area contributed by atoms with Gasteiger partial charge in [0.2, 0.25) is 0 Å². The van der Waals surface area contributed by atoms with Crippen molar-refractivity contribution in [1.82, 2.24) is 9.78 Å². The minimum Gasteiger partial charge on any atom is -0.381 e. The number of aromatic nitrogens is 2. The van der Waals surface area contributed by atoms with Crippen LogP contribution < -0.4 is 5.32 Å². The fourth-order valence-electron chi connectivity index (χ4n) is 2.14. The van der Waals surface area contributed by atoms with E-state index in [0.717, 1.165) is 23.5 Å². The summed E-state index contributed by atoms with van der Waals surface area (Å²) in [5.41, 5.74) is 6.23. The van der Waals surface area contributed by atoms with E-state index in [0.29, 0.717) is 5.56 Å². The summed E-state index contributed by atoms with van der Waals surface area (Å²) in [5.74, 6) is 0. The fourth-order valence-corrected chi connectivity index (χ4v) is 2.14. The summed E-state index contributed by atoms with van der Waals surface area (Å²) in [6.45, 7) is 6.84. The van der Waals surface area contributed by atoms with Crippen molar-refractivity contribution in [3.05, 3.63) is 46.3 Å². The van der Waals surface area contributed by atoms with E-state index in [4.69, 9.17) is 5.26 Å². The minimum absolute atomic E-state index is 0.674. The van der Waals surface area contributed by atoms with E-state index in [1.165, 1.54) is 11.3 Å². The third-order valence-electron chi connectivity index (χ3n) is 3.48. The highest BCUT2D eigenvalue weighted by molar-refractivity contribution is 5.55. The van der Waals surface area contributed by atoms with E-state index in [-0.39, 0.29) is 0 Å². The molecule has 0 atom stereocenters. The van der Waals surface area contributed by atoms with Gasteiger partial charge in [-0.05, 0) is 38.5 Å². The Bertz CT molecular complexity index is 647. The zero-order chi connectivity index (χ0) is 14.0. The lowest BCUT2D eigenvalue weighted by atomic mass is 10.1. The molecule has 1 N–H and O–H groups in total. The first-order chi connectivity index (χ1) is 9.02. The third-order valence-corrected chi connectivity index (χ3v) is 3.48. The van der Waals surface area contributed by atoms with Gasteiger partial charge in [-0.15, -0.1) is 0 Å². The van der Waals surface area contributed by atoms with Crippen molar-refractivity contribution in [2.75, 3.05) is 5.32 Å². The molecule has 98 valence electrons. The standard InChI is InChI=1S/C15H18N4/c1-10-5-6-13(8-16)7-15(10)17-9-14-11(2)18-19(4)12(14)3/h5-7,17H,9H2,1-4H3. The Morgan fingerprint density at radius 3 is 2.63 bits per heavy atom. The molecular weight excluding hydrogens is 236 g/mol. The van der Waals surface area contributed by atoms with Crippen molar-refractivity contribution in [3.8, 4) is 6.07 Å². The molecular formula is C15H18N4. The molecule has 0 aliphatic heterocycles. The molecule has 0 fully saturated rings. The van der Waals surface area contributed by atoms with E-state index in [2.05, 4.69) is 23.4 Å². The predicted octanol–water partition coefficient (Wildman–Crippen LogP) is 2.83. The van der Waals surface area contributed by atoms with Crippen molar-refractivity contribution in [3.63, 3.8) is 0 Å². The average Bonchev–Trinajstić information content (AvgIpc) is 2.63. The number of nitrogens with one attached hydrogen (secondary N) is 1. The van der Waals surface area contributed by atoms with E-state index >= 15 is 0 Å². The van der Waals surface area contributed by atoms with Gasteiger partial charge in [-0.1, -0.05) is 6.07 Å². The largest absolute Gasteiger partial charge is 0.381 e. The van der Waals surface area contributed by atoms with Gasteiger partial charge in [0.15, 0.2) is 0 Å². The van der Waals surface area contributed by atoms with Gasteiger partial charge in [-0.2, -0.15) is 10.4 Å². The van der Waals surface area contributed by atoms with Crippen LogP contribution in [0.3, 0.4) is 0 Å². The van der Waals surface area contributed by atoms with Crippen LogP contribution >= 0.6 is 0 Å². The molecule has 1 aromatic carbocycles. The highest BCUT2D eigenvalue weighted by atomic mass is 15.3. The number of rotatable bonds is 3. The van der Waals surface area contributed by atoms with E-state index in [9.17, 15) is 0 Å². The highest BCUT2D eigenvalue weighted by Gasteiger charge is 2.09. The first-order valence-electron chi connectivity index (χ1n) is 6.26. The van der Waals surface area contributed by atoms with Crippen molar-refractivity contribution < 1.29 is 0 Å². The summed E-state index contributed by atoms with van der Waals surface area (Å²) in [5, 5.41) is 16.7. The van der Waals surface area contributed by atoms with Crippen LogP contribution in [-0.4, -0.2) is 9.78 Å². The molecule has 2 aromatic rings. The summed E-state index contributed by atoms with van der Waals surface area (Å²) in [4.78, 5) is 0. The van der Waals surface area contributed by atoms with E-state index in [1.807, 2.05) is 43.8 Å². The number of aryl methyl sites for hydroxylation is 3. The first kappa shape index (κ1) is 13.2. The molecule has 4 heteroatoms. The molecule has 0 unspecified atom stereocenters. The maximum atomic E-state index is 8.94. The van der Waals surface area contributed by atoms with Crippen molar-refractivity contribution >= 4 is 5.69 Å². The lowest BCUT2D eigenvalue weighted by molar-refractivity contribution is 0.730. The van der Waals surface area contributed by atoms with Gasteiger partial charge < -0.3 is 5.32 Å². The lowest BCUT2D eigenvalue weighted by Gasteiger charge is -2.10. The summed E-state index contributed by atoms with van der Waals surface area (Å²) in [6.07, 6.45) is 0. The van der Waals surface area contributed by atoms with Crippen LogP contribution in [0.15, 0.2) is 18.2 Å². The zero-order valence-electron chi connectivity index (χ0n) is 11.8. The number of hydrogen-bond donors (Lipinski definition) is 1. The van der Waals surface area contributed by atoms with Crippen LogP contribution in [0, 0.1) is 32.1 Å². The molecule has 0 saturated heterocycles. The quantitative estimate of drug-likeness (QED) is 0.916. The Balaban J connectivity index is 2.21. The fraction of sp³-hybridized carbons (Fsp3) is 0.333. The molecule has 0 saturated carbocycles. The second-order valence-electron chi connectivity index (χ2n) is 4.77. The van der Waals surface area contributed by atoms with Crippen LogP contribution in [0.4, 0.5) is 5.69 Å². The van der Waals surface area contributed by atoms with Gasteiger partial charge in [-0.25, -0.2) is 0 Å². The van der Waals surface area contributed by atoms with Crippen LogP contribution in [0.25, 0.3) is 0 Å². The normalized spacial score (nSPS) is 10.3.